The molecule has 1 amide bonds. The number of rotatable bonds is 6. The number of piperidine rings is 1. The van der Waals surface area contributed by atoms with Crippen molar-refractivity contribution in [1.29, 1.82) is 0 Å². The first-order valence-electron chi connectivity index (χ1n) is 10.6. The normalized spacial score (nSPS) is 15.0. The fourth-order valence-electron chi connectivity index (χ4n) is 3.96. The second kappa shape index (κ2) is 9.20. The van der Waals surface area contributed by atoms with Crippen LogP contribution in [0.15, 0.2) is 30.3 Å². The Balaban J connectivity index is 1.53. The van der Waals surface area contributed by atoms with Crippen LogP contribution in [0.2, 0.25) is 0 Å². The third-order valence-corrected chi connectivity index (χ3v) is 6.90. The Kier molecular flexibility index (Phi) is 6.34. The van der Waals surface area contributed by atoms with Crippen LogP contribution in [0.25, 0.3) is 10.2 Å². The van der Waals surface area contributed by atoms with Crippen LogP contribution in [0.3, 0.4) is 0 Å². The van der Waals surface area contributed by atoms with Gasteiger partial charge in [0.25, 0.3) is 17.3 Å². The lowest BCUT2D eigenvalue weighted by atomic mass is 9.99. The van der Waals surface area contributed by atoms with Crippen molar-refractivity contribution in [2.45, 2.75) is 33.2 Å². The Hall–Kier alpha value is -3.44. The van der Waals surface area contributed by atoms with Gasteiger partial charge in [-0.1, -0.05) is 24.3 Å². The van der Waals surface area contributed by atoms with E-state index in [0.29, 0.717) is 5.13 Å². The average Bonchev–Trinajstić information content (AvgIpc) is 3.16. The summed E-state index contributed by atoms with van der Waals surface area (Å²) < 4.78 is 0.911. The number of thiazole rings is 1. The van der Waals surface area contributed by atoms with E-state index >= 15 is 0 Å². The van der Waals surface area contributed by atoms with E-state index in [1.807, 2.05) is 12.1 Å². The molecule has 2 heterocycles. The summed E-state index contributed by atoms with van der Waals surface area (Å²) in [6, 6.07) is 8.08. The molecule has 0 bridgehead atoms. The average molecular weight is 470 g/mol. The molecule has 0 aliphatic carbocycles. The Morgan fingerprint density at radius 1 is 1.15 bits per heavy atom. The summed E-state index contributed by atoms with van der Waals surface area (Å²) in [5.74, 6) is 0.0794. The van der Waals surface area contributed by atoms with Crippen molar-refractivity contribution in [1.82, 2.24) is 9.88 Å². The summed E-state index contributed by atoms with van der Waals surface area (Å²) in [5.41, 5.74) is 0.678. The number of nitrogens with zero attached hydrogens (tertiary/aromatic N) is 4. The standard InChI is InChI=1S/C22H23N5O5S/c1-13-5-7-25(8-6-13)12-15-3-4-17-20(9-15)33-22(23-17)24-21(28)16-10-18(26(29)30)14(2)19(11-16)27(31)32/h3-4,9-11,13H,5-8,12H2,1-2H3,(H,23,24,28). The molecule has 0 saturated carbocycles. The molecule has 10 nitrogen and oxygen atoms in total. The van der Waals surface area contributed by atoms with E-state index in [1.165, 1.54) is 36.7 Å². The third-order valence-electron chi connectivity index (χ3n) is 5.96. The SMILES string of the molecule is Cc1c([N+](=O)[O-])cc(C(=O)Nc2nc3ccc(CN4CCC(C)CC4)cc3s2)cc1[N+](=O)[O-]. The van der Waals surface area contributed by atoms with E-state index in [9.17, 15) is 25.0 Å². The van der Waals surface area contributed by atoms with Gasteiger partial charge in [-0.3, -0.25) is 35.2 Å². The molecule has 172 valence electrons. The van der Waals surface area contributed by atoms with Crippen molar-refractivity contribution in [3.05, 3.63) is 67.3 Å². The number of carbonyl (C=O) groups excluding carboxylic acids is 1. The van der Waals surface area contributed by atoms with Gasteiger partial charge in [0.15, 0.2) is 5.13 Å². The molecular weight excluding hydrogens is 446 g/mol. The molecule has 2 aromatic carbocycles. The van der Waals surface area contributed by atoms with Crippen molar-refractivity contribution < 1.29 is 14.6 Å². The van der Waals surface area contributed by atoms with Gasteiger partial charge in [-0.15, -0.1) is 0 Å². The quantitative estimate of drug-likeness (QED) is 0.401. The number of hydrogen-bond acceptors (Lipinski definition) is 8. The molecule has 3 aromatic rings. The number of hydrogen-bond donors (Lipinski definition) is 1. The predicted molar refractivity (Wildman–Crippen MR) is 126 cm³/mol. The summed E-state index contributed by atoms with van der Waals surface area (Å²) in [7, 11) is 0. The molecule has 0 atom stereocenters. The molecule has 1 fully saturated rings. The summed E-state index contributed by atoms with van der Waals surface area (Å²) in [5, 5.41) is 25.5. The van der Waals surface area contributed by atoms with Crippen molar-refractivity contribution in [2.24, 2.45) is 5.92 Å². The van der Waals surface area contributed by atoms with Crippen LogP contribution in [0, 0.1) is 33.1 Å². The number of aromatic nitrogens is 1. The molecular formula is C22H23N5O5S. The lowest BCUT2D eigenvalue weighted by Gasteiger charge is -2.30. The lowest BCUT2D eigenvalue weighted by molar-refractivity contribution is -0.395. The van der Waals surface area contributed by atoms with Gasteiger partial charge in [-0.05, 0) is 56.5 Å². The van der Waals surface area contributed by atoms with Gasteiger partial charge in [0.2, 0.25) is 0 Å². The molecule has 33 heavy (non-hydrogen) atoms. The smallest absolute Gasteiger partial charge is 0.279 e. The molecule has 0 unspecified atom stereocenters. The molecule has 1 aromatic heterocycles. The number of likely N-dealkylation sites (tertiary alicyclic amines) is 1. The van der Waals surface area contributed by atoms with Crippen LogP contribution in [0.4, 0.5) is 16.5 Å². The fraction of sp³-hybridized carbons (Fsp3) is 0.364. The molecule has 1 N–H and O–H groups in total. The molecule has 0 radical (unpaired) electrons. The minimum Gasteiger partial charge on any atom is -0.299 e. The highest BCUT2D eigenvalue weighted by molar-refractivity contribution is 7.22. The van der Waals surface area contributed by atoms with Gasteiger partial charge in [-0.25, -0.2) is 4.98 Å². The van der Waals surface area contributed by atoms with Gasteiger partial charge in [-0.2, -0.15) is 0 Å². The van der Waals surface area contributed by atoms with Crippen LogP contribution in [0.1, 0.15) is 41.3 Å². The molecule has 4 rings (SSSR count). The first-order chi connectivity index (χ1) is 15.7. The molecule has 1 aliphatic heterocycles. The van der Waals surface area contributed by atoms with Crippen molar-refractivity contribution in [3.8, 4) is 0 Å². The van der Waals surface area contributed by atoms with E-state index in [2.05, 4.69) is 28.2 Å². The van der Waals surface area contributed by atoms with Crippen LogP contribution >= 0.6 is 11.3 Å². The van der Waals surface area contributed by atoms with Crippen molar-refractivity contribution in [3.63, 3.8) is 0 Å². The van der Waals surface area contributed by atoms with Crippen LogP contribution in [-0.4, -0.2) is 38.7 Å². The van der Waals surface area contributed by atoms with Gasteiger partial charge < -0.3 is 0 Å². The maximum atomic E-state index is 12.7. The van der Waals surface area contributed by atoms with Gasteiger partial charge in [0, 0.05) is 18.7 Å². The minimum absolute atomic E-state index is 0.0998. The molecule has 1 aliphatic rings. The van der Waals surface area contributed by atoms with Gasteiger partial charge in [0.05, 0.1) is 25.6 Å². The highest BCUT2D eigenvalue weighted by Gasteiger charge is 2.26. The number of carbonyl (C=O) groups is 1. The van der Waals surface area contributed by atoms with Crippen LogP contribution in [-0.2, 0) is 6.54 Å². The van der Waals surface area contributed by atoms with Crippen LogP contribution < -0.4 is 5.32 Å². The molecule has 0 spiro atoms. The van der Waals surface area contributed by atoms with Crippen molar-refractivity contribution >= 4 is 44.0 Å². The Morgan fingerprint density at radius 3 is 2.39 bits per heavy atom. The monoisotopic (exact) mass is 469 g/mol. The summed E-state index contributed by atoms with van der Waals surface area (Å²) in [6.07, 6.45) is 2.41. The van der Waals surface area contributed by atoms with Gasteiger partial charge in [0.1, 0.15) is 5.56 Å². The minimum atomic E-state index is -0.735. The summed E-state index contributed by atoms with van der Waals surface area (Å²) >= 11 is 1.29. The molecule has 11 heteroatoms. The number of fused-ring (bicyclic) bond motifs is 1. The van der Waals surface area contributed by atoms with E-state index in [1.54, 1.807) is 0 Å². The highest BCUT2D eigenvalue weighted by Crippen LogP contribution is 2.31. The van der Waals surface area contributed by atoms with E-state index < -0.39 is 27.1 Å². The zero-order valence-corrected chi connectivity index (χ0v) is 19.1. The second-order valence-electron chi connectivity index (χ2n) is 8.39. The number of amides is 1. The first-order valence-corrected chi connectivity index (χ1v) is 11.4. The van der Waals surface area contributed by atoms with E-state index in [0.717, 1.165) is 47.9 Å². The van der Waals surface area contributed by atoms with E-state index in [4.69, 9.17) is 0 Å². The number of nitro benzene ring substituents is 2. The zero-order chi connectivity index (χ0) is 23.7. The number of benzene rings is 2. The first kappa shape index (κ1) is 22.7. The second-order valence-corrected chi connectivity index (χ2v) is 9.42. The maximum absolute atomic E-state index is 12.7. The zero-order valence-electron chi connectivity index (χ0n) is 18.2. The number of nitro groups is 2. The Bertz CT molecular complexity index is 1210. The molecule has 1 saturated heterocycles. The summed E-state index contributed by atoms with van der Waals surface area (Å²) in [6.45, 7) is 6.59. The summed E-state index contributed by atoms with van der Waals surface area (Å²) in [4.78, 5) is 40.6. The third kappa shape index (κ3) is 4.99. The number of anilines is 1. The van der Waals surface area contributed by atoms with Crippen LogP contribution in [0.5, 0.6) is 0 Å². The Labute approximate surface area is 193 Å². The lowest BCUT2D eigenvalue weighted by Crippen LogP contribution is -2.32. The largest absolute Gasteiger partial charge is 0.299 e. The van der Waals surface area contributed by atoms with E-state index in [-0.39, 0.29) is 11.1 Å². The van der Waals surface area contributed by atoms with Gasteiger partial charge >= 0.3 is 0 Å². The number of nitrogens with one attached hydrogen (secondary N) is 1. The predicted octanol–water partition coefficient (Wildman–Crippen LogP) is 4.91. The fourth-order valence-corrected chi connectivity index (χ4v) is 4.89. The Morgan fingerprint density at radius 2 is 1.79 bits per heavy atom. The highest BCUT2D eigenvalue weighted by atomic mass is 32.1. The van der Waals surface area contributed by atoms with Crippen molar-refractivity contribution in [2.75, 3.05) is 18.4 Å². The topological polar surface area (TPSA) is 132 Å². The maximum Gasteiger partial charge on any atom is 0.279 e.